The number of carbonyl (C=O) groups excluding carboxylic acids is 1. The van der Waals surface area contributed by atoms with Crippen molar-refractivity contribution in [1.29, 1.82) is 0 Å². The van der Waals surface area contributed by atoms with E-state index in [1.54, 1.807) is 6.92 Å². The minimum Gasteiger partial charge on any atom is -0.360 e. The van der Waals surface area contributed by atoms with Crippen LogP contribution in [0.25, 0.3) is 11.3 Å². The molecule has 2 aromatic rings. The van der Waals surface area contributed by atoms with E-state index in [9.17, 15) is 18.0 Å². The lowest BCUT2D eigenvalue weighted by Gasteiger charge is -2.06. The molecule has 1 amide bonds. The highest BCUT2D eigenvalue weighted by Gasteiger charge is 2.33. The molecule has 1 aliphatic rings. The van der Waals surface area contributed by atoms with Gasteiger partial charge in [0.15, 0.2) is 0 Å². The maximum atomic E-state index is 12.5. The summed E-state index contributed by atoms with van der Waals surface area (Å²) in [5.41, 5.74) is -0.281. The third kappa shape index (κ3) is 2.81. The lowest BCUT2D eigenvalue weighted by atomic mass is 10.1. The average Bonchev–Trinajstić information content (AvgIpc) is 3.18. The molecule has 8 heteroatoms. The van der Waals surface area contributed by atoms with Gasteiger partial charge in [-0.15, -0.1) is 0 Å². The fourth-order valence-electron chi connectivity index (χ4n) is 2.02. The van der Waals surface area contributed by atoms with Gasteiger partial charge >= 0.3 is 6.18 Å². The molecule has 3 rings (SSSR count). The first kappa shape index (κ1) is 14.6. The first-order valence-electron chi connectivity index (χ1n) is 6.67. The Hall–Kier alpha value is -2.38. The van der Waals surface area contributed by atoms with Crippen LogP contribution in [0.5, 0.6) is 0 Å². The lowest BCUT2D eigenvalue weighted by Crippen LogP contribution is -2.26. The molecule has 0 spiro atoms. The van der Waals surface area contributed by atoms with Gasteiger partial charge in [-0.05, 0) is 31.9 Å². The van der Waals surface area contributed by atoms with Crippen molar-refractivity contribution in [2.24, 2.45) is 0 Å². The second-order valence-electron chi connectivity index (χ2n) is 5.14. The number of amides is 1. The molecule has 5 nitrogen and oxygen atoms in total. The van der Waals surface area contributed by atoms with E-state index < -0.39 is 11.9 Å². The second kappa shape index (κ2) is 5.11. The van der Waals surface area contributed by atoms with E-state index in [0.29, 0.717) is 11.3 Å². The summed E-state index contributed by atoms with van der Waals surface area (Å²) < 4.78 is 42.6. The molecule has 1 N–H and O–H groups in total. The van der Waals surface area contributed by atoms with Gasteiger partial charge in [-0.3, -0.25) is 9.78 Å². The highest BCUT2D eigenvalue weighted by Crippen LogP contribution is 2.30. The molecule has 0 bridgehead atoms. The number of aryl methyl sites for hydroxylation is 1. The van der Waals surface area contributed by atoms with Crippen LogP contribution in [0.2, 0.25) is 0 Å². The molecular weight excluding hydrogens is 299 g/mol. The summed E-state index contributed by atoms with van der Waals surface area (Å²) in [6.45, 7) is 1.58. The molecule has 0 radical (unpaired) electrons. The Morgan fingerprint density at radius 3 is 2.64 bits per heavy atom. The normalized spacial score (nSPS) is 14.9. The quantitative estimate of drug-likeness (QED) is 0.946. The first-order valence-corrected chi connectivity index (χ1v) is 6.67. The predicted octanol–water partition coefficient (Wildman–Crippen LogP) is 2.96. The number of pyridine rings is 1. The number of halogens is 3. The van der Waals surface area contributed by atoms with Gasteiger partial charge in [-0.2, -0.15) is 13.2 Å². The standard InChI is InChI=1S/C14H12F3N3O2/c1-7-11(13(21)19-9-3-4-9)12(20-22-7)8-2-5-10(18-6-8)14(15,16)17/h2,5-6,9H,3-4H2,1H3,(H,19,21). The predicted molar refractivity (Wildman–Crippen MR) is 70.0 cm³/mol. The maximum Gasteiger partial charge on any atom is 0.433 e. The Balaban J connectivity index is 1.93. The Labute approximate surface area is 123 Å². The van der Waals surface area contributed by atoms with Crippen molar-refractivity contribution in [2.45, 2.75) is 32.0 Å². The largest absolute Gasteiger partial charge is 0.433 e. The number of alkyl halides is 3. The molecule has 0 unspecified atom stereocenters. The van der Waals surface area contributed by atoms with Crippen molar-refractivity contribution in [3.05, 3.63) is 35.3 Å². The van der Waals surface area contributed by atoms with Gasteiger partial charge in [0, 0.05) is 17.8 Å². The van der Waals surface area contributed by atoms with Crippen LogP contribution in [0.3, 0.4) is 0 Å². The molecule has 2 heterocycles. The van der Waals surface area contributed by atoms with Crippen molar-refractivity contribution >= 4 is 5.91 Å². The topological polar surface area (TPSA) is 68.0 Å². The maximum absolute atomic E-state index is 12.5. The van der Waals surface area contributed by atoms with Crippen LogP contribution in [-0.2, 0) is 6.18 Å². The Morgan fingerprint density at radius 1 is 1.36 bits per heavy atom. The van der Waals surface area contributed by atoms with Crippen LogP contribution >= 0.6 is 0 Å². The van der Waals surface area contributed by atoms with Crippen LogP contribution in [0.4, 0.5) is 13.2 Å². The third-order valence-electron chi connectivity index (χ3n) is 3.33. The Bertz CT molecular complexity index is 703. The zero-order valence-electron chi connectivity index (χ0n) is 11.6. The summed E-state index contributed by atoms with van der Waals surface area (Å²) >= 11 is 0. The highest BCUT2D eigenvalue weighted by atomic mass is 19.4. The molecule has 2 aromatic heterocycles. The molecule has 0 aromatic carbocycles. The zero-order valence-corrected chi connectivity index (χ0v) is 11.6. The van der Waals surface area contributed by atoms with Crippen molar-refractivity contribution in [2.75, 3.05) is 0 Å². The summed E-state index contributed by atoms with van der Waals surface area (Å²) in [6, 6.07) is 2.23. The number of rotatable bonds is 3. The third-order valence-corrected chi connectivity index (χ3v) is 3.33. The molecule has 0 saturated heterocycles. The second-order valence-corrected chi connectivity index (χ2v) is 5.14. The monoisotopic (exact) mass is 311 g/mol. The number of hydrogen-bond donors (Lipinski definition) is 1. The van der Waals surface area contributed by atoms with Crippen LogP contribution in [0, 0.1) is 6.92 Å². The van der Waals surface area contributed by atoms with E-state index >= 15 is 0 Å². The fraction of sp³-hybridized carbons (Fsp3) is 0.357. The van der Waals surface area contributed by atoms with Gasteiger partial charge in [0.2, 0.25) is 0 Å². The van der Waals surface area contributed by atoms with E-state index in [2.05, 4.69) is 15.5 Å². The molecule has 1 fully saturated rings. The molecule has 1 saturated carbocycles. The molecule has 22 heavy (non-hydrogen) atoms. The first-order chi connectivity index (χ1) is 10.4. The van der Waals surface area contributed by atoms with Gasteiger partial charge in [0.05, 0.1) is 0 Å². The van der Waals surface area contributed by atoms with E-state index in [1.165, 1.54) is 6.07 Å². The summed E-state index contributed by atoms with van der Waals surface area (Å²) in [7, 11) is 0. The summed E-state index contributed by atoms with van der Waals surface area (Å²) in [5.74, 6) is -0.0239. The van der Waals surface area contributed by atoms with E-state index in [1.807, 2.05) is 0 Å². The van der Waals surface area contributed by atoms with Crippen molar-refractivity contribution < 1.29 is 22.5 Å². The Morgan fingerprint density at radius 2 is 2.09 bits per heavy atom. The van der Waals surface area contributed by atoms with E-state index in [0.717, 1.165) is 25.1 Å². The molecule has 0 atom stereocenters. The Kier molecular flexibility index (Phi) is 3.38. The van der Waals surface area contributed by atoms with Crippen LogP contribution in [0.15, 0.2) is 22.9 Å². The van der Waals surface area contributed by atoms with E-state index in [-0.39, 0.29) is 23.2 Å². The van der Waals surface area contributed by atoms with Gasteiger partial charge in [-0.25, -0.2) is 0 Å². The van der Waals surface area contributed by atoms with Crippen molar-refractivity contribution in [3.63, 3.8) is 0 Å². The molecule has 0 aliphatic heterocycles. The lowest BCUT2D eigenvalue weighted by molar-refractivity contribution is -0.141. The molecule has 1 aliphatic carbocycles. The zero-order chi connectivity index (χ0) is 15.9. The molecular formula is C14H12F3N3O2. The SMILES string of the molecule is Cc1onc(-c2ccc(C(F)(F)F)nc2)c1C(=O)NC1CC1. The average molecular weight is 311 g/mol. The fourth-order valence-corrected chi connectivity index (χ4v) is 2.02. The number of carbonyl (C=O) groups is 1. The molecule has 116 valence electrons. The van der Waals surface area contributed by atoms with Crippen LogP contribution in [-0.4, -0.2) is 22.1 Å². The number of nitrogens with one attached hydrogen (secondary N) is 1. The van der Waals surface area contributed by atoms with Gasteiger partial charge in [-0.1, -0.05) is 5.16 Å². The van der Waals surface area contributed by atoms with Crippen molar-refractivity contribution in [3.8, 4) is 11.3 Å². The van der Waals surface area contributed by atoms with Crippen LogP contribution in [0.1, 0.15) is 34.7 Å². The summed E-state index contributed by atoms with van der Waals surface area (Å²) in [4.78, 5) is 15.6. The van der Waals surface area contributed by atoms with Crippen LogP contribution < -0.4 is 5.32 Å². The smallest absolute Gasteiger partial charge is 0.360 e. The highest BCUT2D eigenvalue weighted by molar-refractivity contribution is 6.01. The van der Waals surface area contributed by atoms with Crippen molar-refractivity contribution in [1.82, 2.24) is 15.5 Å². The van der Waals surface area contributed by atoms with Gasteiger partial charge < -0.3 is 9.84 Å². The van der Waals surface area contributed by atoms with Gasteiger partial charge in [0.25, 0.3) is 5.91 Å². The van der Waals surface area contributed by atoms with E-state index in [4.69, 9.17) is 4.52 Å². The number of nitrogens with zero attached hydrogens (tertiary/aromatic N) is 2. The summed E-state index contributed by atoms with van der Waals surface area (Å²) in [5, 5.41) is 6.57. The van der Waals surface area contributed by atoms with Gasteiger partial charge in [0.1, 0.15) is 22.7 Å². The minimum atomic E-state index is -4.51. The number of hydrogen-bond acceptors (Lipinski definition) is 4. The minimum absolute atomic E-state index is 0.153. The summed E-state index contributed by atoms with van der Waals surface area (Å²) in [6.07, 6.45) is -1.63. The number of aromatic nitrogens is 2.